The zero-order valence-corrected chi connectivity index (χ0v) is 32.6. The Kier molecular flexibility index (Phi) is 7.16. The molecule has 0 unspecified atom stereocenters. The number of benzene rings is 8. The lowest BCUT2D eigenvalue weighted by molar-refractivity contribution is 0.660. The lowest BCUT2D eigenvalue weighted by Gasteiger charge is -2.33. The standard InChI is InChI=1S/C55H37N3O/c1-54(2)45-24-14-12-22-39(45)41-28-26-35(30-47(41)54)52-56-51(34-16-6-3-7-17-34)57-53(58-52)36-27-29-42-44-32-48-43(33-50(44)59-49(42)31-36)40-23-13-15-25-46(40)55(48,37-18-8-4-9-19-37)38-20-10-5-11-21-38/h3-33H,1-2H3. The molecule has 0 atom stereocenters. The van der Waals surface area contributed by atoms with Crippen molar-refractivity contribution in [2.45, 2.75) is 24.7 Å². The maximum Gasteiger partial charge on any atom is 0.164 e. The van der Waals surface area contributed by atoms with E-state index in [2.05, 4.69) is 184 Å². The Labute approximate surface area is 342 Å². The Morgan fingerprint density at radius 1 is 0.356 bits per heavy atom. The first kappa shape index (κ1) is 33.7. The molecule has 2 heterocycles. The van der Waals surface area contributed by atoms with Crippen molar-refractivity contribution < 1.29 is 4.42 Å². The summed E-state index contributed by atoms with van der Waals surface area (Å²) in [4.78, 5) is 15.4. The van der Waals surface area contributed by atoms with Gasteiger partial charge in [0.15, 0.2) is 17.5 Å². The Hall–Kier alpha value is -7.43. The highest BCUT2D eigenvalue weighted by molar-refractivity contribution is 6.08. The highest BCUT2D eigenvalue weighted by atomic mass is 16.3. The molecule has 59 heavy (non-hydrogen) atoms. The van der Waals surface area contributed by atoms with E-state index in [0.29, 0.717) is 17.5 Å². The third-order valence-electron chi connectivity index (χ3n) is 12.8. The minimum Gasteiger partial charge on any atom is -0.456 e. The monoisotopic (exact) mass is 755 g/mol. The van der Waals surface area contributed by atoms with E-state index >= 15 is 0 Å². The molecule has 0 fully saturated rings. The summed E-state index contributed by atoms with van der Waals surface area (Å²) in [7, 11) is 0. The van der Waals surface area contributed by atoms with Crippen LogP contribution < -0.4 is 0 Å². The molecule has 278 valence electrons. The summed E-state index contributed by atoms with van der Waals surface area (Å²) in [6.07, 6.45) is 0. The van der Waals surface area contributed by atoms with Crippen LogP contribution in [0.5, 0.6) is 0 Å². The van der Waals surface area contributed by atoms with Gasteiger partial charge in [-0.15, -0.1) is 0 Å². The summed E-state index contributed by atoms with van der Waals surface area (Å²) in [6, 6.07) is 67.2. The van der Waals surface area contributed by atoms with Crippen molar-refractivity contribution in [3.63, 3.8) is 0 Å². The minimum atomic E-state index is -0.489. The van der Waals surface area contributed by atoms with E-state index in [9.17, 15) is 0 Å². The van der Waals surface area contributed by atoms with Gasteiger partial charge in [0.1, 0.15) is 11.2 Å². The Balaban J connectivity index is 1.03. The fourth-order valence-electron chi connectivity index (χ4n) is 10.0. The maximum atomic E-state index is 6.80. The second-order valence-corrected chi connectivity index (χ2v) is 16.3. The van der Waals surface area contributed by atoms with Gasteiger partial charge in [0.2, 0.25) is 0 Å². The Morgan fingerprint density at radius 3 is 1.54 bits per heavy atom. The first-order valence-corrected chi connectivity index (χ1v) is 20.3. The van der Waals surface area contributed by atoms with Crippen molar-refractivity contribution in [3.8, 4) is 56.4 Å². The molecule has 2 aromatic heterocycles. The molecule has 4 nitrogen and oxygen atoms in total. The molecule has 10 aromatic rings. The molecule has 0 N–H and O–H groups in total. The number of nitrogens with zero attached hydrogens (tertiary/aromatic N) is 3. The molecule has 0 saturated heterocycles. The highest BCUT2D eigenvalue weighted by Gasteiger charge is 2.46. The van der Waals surface area contributed by atoms with E-state index in [1.807, 2.05) is 18.2 Å². The van der Waals surface area contributed by atoms with Gasteiger partial charge in [-0.05, 0) is 86.0 Å². The fourth-order valence-corrected chi connectivity index (χ4v) is 10.0. The maximum absolute atomic E-state index is 6.80. The van der Waals surface area contributed by atoms with Gasteiger partial charge >= 0.3 is 0 Å². The lowest BCUT2D eigenvalue weighted by atomic mass is 9.67. The van der Waals surface area contributed by atoms with Gasteiger partial charge in [-0.1, -0.05) is 172 Å². The largest absolute Gasteiger partial charge is 0.456 e. The van der Waals surface area contributed by atoms with Crippen LogP contribution in [0.25, 0.3) is 78.4 Å². The molecular weight excluding hydrogens is 719 g/mol. The number of hydrogen-bond acceptors (Lipinski definition) is 4. The van der Waals surface area contributed by atoms with Crippen LogP contribution in [0, 0.1) is 0 Å². The molecule has 12 rings (SSSR count). The third-order valence-corrected chi connectivity index (χ3v) is 12.8. The fraction of sp³-hybridized carbons (Fsp3) is 0.0727. The van der Waals surface area contributed by atoms with Crippen LogP contribution in [0.15, 0.2) is 192 Å². The molecule has 2 aliphatic carbocycles. The molecule has 0 saturated carbocycles. The smallest absolute Gasteiger partial charge is 0.164 e. The quantitative estimate of drug-likeness (QED) is 0.176. The molecule has 8 aromatic carbocycles. The van der Waals surface area contributed by atoms with Gasteiger partial charge in [0.05, 0.1) is 5.41 Å². The average Bonchev–Trinajstić information content (AvgIpc) is 3.89. The van der Waals surface area contributed by atoms with E-state index in [4.69, 9.17) is 19.4 Å². The number of furan rings is 1. The molecule has 0 bridgehead atoms. The second-order valence-electron chi connectivity index (χ2n) is 16.3. The van der Waals surface area contributed by atoms with Crippen molar-refractivity contribution in [3.05, 3.63) is 221 Å². The van der Waals surface area contributed by atoms with Crippen molar-refractivity contribution >= 4 is 21.9 Å². The average molecular weight is 756 g/mol. The molecule has 0 radical (unpaired) electrons. The predicted octanol–water partition coefficient (Wildman–Crippen LogP) is 13.4. The van der Waals surface area contributed by atoms with E-state index in [-0.39, 0.29) is 5.41 Å². The molecule has 0 amide bonds. The van der Waals surface area contributed by atoms with Crippen LogP contribution >= 0.6 is 0 Å². The normalized spacial score (nSPS) is 14.2. The van der Waals surface area contributed by atoms with Crippen LogP contribution in [0.2, 0.25) is 0 Å². The topological polar surface area (TPSA) is 51.8 Å². The van der Waals surface area contributed by atoms with Gasteiger partial charge in [0, 0.05) is 32.9 Å². The summed E-state index contributed by atoms with van der Waals surface area (Å²) in [5.74, 6) is 1.87. The number of fused-ring (bicyclic) bond motifs is 9. The Bertz CT molecular complexity index is 3250. The zero-order chi connectivity index (χ0) is 39.3. The molecule has 2 aliphatic rings. The summed E-state index contributed by atoms with van der Waals surface area (Å²) >= 11 is 0. The summed E-state index contributed by atoms with van der Waals surface area (Å²) in [6.45, 7) is 4.60. The van der Waals surface area contributed by atoms with Crippen molar-refractivity contribution in [1.82, 2.24) is 15.0 Å². The number of rotatable bonds is 5. The van der Waals surface area contributed by atoms with Gasteiger partial charge in [0.25, 0.3) is 0 Å². The van der Waals surface area contributed by atoms with Crippen LogP contribution in [-0.2, 0) is 10.8 Å². The van der Waals surface area contributed by atoms with Crippen LogP contribution in [0.4, 0.5) is 0 Å². The second kappa shape index (κ2) is 12.5. The molecule has 0 aliphatic heterocycles. The summed E-state index contributed by atoms with van der Waals surface area (Å²) in [5.41, 5.74) is 16.4. The van der Waals surface area contributed by atoms with Gasteiger partial charge in [-0.2, -0.15) is 0 Å². The van der Waals surface area contributed by atoms with Crippen LogP contribution in [-0.4, -0.2) is 15.0 Å². The van der Waals surface area contributed by atoms with Crippen LogP contribution in [0.3, 0.4) is 0 Å². The summed E-state index contributed by atoms with van der Waals surface area (Å²) < 4.78 is 6.80. The Morgan fingerprint density at radius 2 is 0.864 bits per heavy atom. The first-order valence-electron chi connectivity index (χ1n) is 20.3. The lowest BCUT2D eigenvalue weighted by Crippen LogP contribution is -2.28. The first-order chi connectivity index (χ1) is 29.0. The van der Waals surface area contributed by atoms with Gasteiger partial charge in [-0.25, -0.2) is 15.0 Å². The van der Waals surface area contributed by atoms with Gasteiger partial charge in [-0.3, -0.25) is 0 Å². The van der Waals surface area contributed by atoms with E-state index < -0.39 is 5.41 Å². The van der Waals surface area contributed by atoms with E-state index in [0.717, 1.165) is 38.6 Å². The van der Waals surface area contributed by atoms with Gasteiger partial charge < -0.3 is 4.42 Å². The van der Waals surface area contributed by atoms with E-state index in [1.165, 1.54) is 55.6 Å². The molecule has 4 heteroatoms. The van der Waals surface area contributed by atoms with Crippen LogP contribution in [0.1, 0.15) is 47.2 Å². The highest BCUT2D eigenvalue weighted by Crippen LogP contribution is 2.57. The minimum absolute atomic E-state index is 0.142. The van der Waals surface area contributed by atoms with Crippen molar-refractivity contribution in [1.29, 1.82) is 0 Å². The summed E-state index contributed by atoms with van der Waals surface area (Å²) in [5, 5.41) is 2.13. The number of aromatic nitrogens is 3. The van der Waals surface area contributed by atoms with Crippen molar-refractivity contribution in [2.75, 3.05) is 0 Å². The zero-order valence-electron chi connectivity index (χ0n) is 32.6. The third kappa shape index (κ3) is 4.87. The van der Waals surface area contributed by atoms with E-state index in [1.54, 1.807) is 0 Å². The molecule has 0 spiro atoms. The van der Waals surface area contributed by atoms with Crippen molar-refractivity contribution in [2.24, 2.45) is 0 Å². The SMILES string of the molecule is CC1(C)c2ccccc2-c2ccc(-c3nc(-c4ccccc4)nc(-c4ccc5c(c4)oc4cc6c(cc45)C(c4ccccc4)(c4ccccc4)c4ccccc4-6)n3)cc21. The molecular formula is C55H37N3O. The number of hydrogen-bond donors (Lipinski definition) is 0. The predicted molar refractivity (Wildman–Crippen MR) is 238 cm³/mol.